The van der Waals surface area contributed by atoms with Gasteiger partial charge in [-0.05, 0) is 51.0 Å². The molecule has 0 saturated carbocycles. The van der Waals surface area contributed by atoms with E-state index in [1.54, 1.807) is 0 Å². The van der Waals surface area contributed by atoms with Gasteiger partial charge in [0.05, 0.1) is 4.90 Å². The van der Waals surface area contributed by atoms with Crippen molar-refractivity contribution in [1.82, 2.24) is 4.72 Å². The second-order valence-corrected chi connectivity index (χ2v) is 7.49. The lowest BCUT2D eigenvalue weighted by Gasteiger charge is -2.13. The van der Waals surface area contributed by atoms with Crippen LogP contribution in [0.4, 0.5) is 0 Å². The third-order valence-electron chi connectivity index (χ3n) is 3.56. The first-order valence-corrected chi connectivity index (χ1v) is 9.05. The van der Waals surface area contributed by atoms with Crippen LogP contribution in [0.3, 0.4) is 0 Å². The molecule has 2 aromatic carbocycles. The van der Waals surface area contributed by atoms with E-state index in [1.807, 2.05) is 64.1 Å². The highest BCUT2D eigenvalue weighted by atomic mass is 32.2. The Morgan fingerprint density at radius 3 is 2.04 bits per heavy atom. The van der Waals surface area contributed by atoms with Crippen LogP contribution in [-0.4, -0.2) is 21.6 Å². The maximum atomic E-state index is 12.5. The molecule has 0 aliphatic carbocycles. The van der Waals surface area contributed by atoms with Gasteiger partial charge < -0.3 is 4.74 Å². The summed E-state index contributed by atoms with van der Waals surface area (Å²) in [5.74, 6) is 0.734. The number of nitrogens with one attached hydrogen (secondary N) is 1. The Balaban J connectivity index is 1.98. The zero-order chi connectivity index (χ0) is 17.0. The van der Waals surface area contributed by atoms with Crippen LogP contribution in [0.5, 0.6) is 5.75 Å². The Hall–Kier alpha value is -1.85. The molecule has 23 heavy (non-hydrogen) atoms. The fourth-order valence-electron chi connectivity index (χ4n) is 2.64. The molecule has 0 aromatic heterocycles. The quantitative estimate of drug-likeness (QED) is 0.826. The van der Waals surface area contributed by atoms with Gasteiger partial charge in [0.1, 0.15) is 12.4 Å². The maximum absolute atomic E-state index is 12.5. The molecule has 0 fully saturated rings. The van der Waals surface area contributed by atoms with E-state index in [4.69, 9.17) is 4.74 Å². The van der Waals surface area contributed by atoms with Crippen molar-refractivity contribution in [3.05, 3.63) is 58.7 Å². The van der Waals surface area contributed by atoms with Crippen molar-refractivity contribution in [2.75, 3.05) is 13.2 Å². The van der Waals surface area contributed by atoms with Gasteiger partial charge in [-0.15, -0.1) is 0 Å². The van der Waals surface area contributed by atoms with E-state index in [1.165, 1.54) is 0 Å². The second-order valence-electron chi connectivity index (χ2n) is 5.79. The van der Waals surface area contributed by atoms with E-state index in [-0.39, 0.29) is 13.2 Å². The van der Waals surface area contributed by atoms with Gasteiger partial charge in [0.2, 0.25) is 10.0 Å². The van der Waals surface area contributed by atoms with Crippen molar-refractivity contribution in [1.29, 1.82) is 0 Å². The number of rotatable bonds is 6. The molecule has 0 saturated heterocycles. The molecule has 0 atom stereocenters. The molecule has 124 valence electrons. The second kappa shape index (κ2) is 7.15. The summed E-state index contributed by atoms with van der Waals surface area (Å²) in [5.41, 5.74) is 3.73. The Labute approximate surface area is 138 Å². The number of hydrogen-bond acceptors (Lipinski definition) is 3. The predicted octanol–water partition coefficient (Wildman–Crippen LogP) is 3.28. The zero-order valence-electron chi connectivity index (χ0n) is 14.0. The minimum atomic E-state index is -3.53. The van der Waals surface area contributed by atoms with Crippen LogP contribution in [0.2, 0.25) is 0 Å². The first-order valence-electron chi connectivity index (χ1n) is 7.56. The van der Waals surface area contributed by atoms with Crippen LogP contribution in [0.15, 0.2) is 41.3 Å². The average Bonchev–Trinajstić information content (AvgIpc) is 2.44. The van der Waals surface area contributed by atoms with Crippen molar-refractivity contribution in [3.8, 4) is 5.75 Å². The van der Waals surface area contributed by atoms with Gasteiger partial charge >= 0.3 is 0 Å². The van der Waals surface area contributed by atoms with Crippen LogP contribution in [0, 0.1) is 27.7 Å². The number of benzene rings is 2. The fraction of sp³-hybridized carbons (Fsp3) is 0.333. The monoisotopic (exact) mass is 333 g/mol. The van der Waals surface area contributed by atoms with Crippen molar-refractivity contribution in [2.24, 2.45) is 0 Å². The molecule has 4 nitrogen and oxygen atoms in total. The van der Waals surface area contributed by atoms with E-state index in [0.717, 1.165) is 28.0 Å². The van der Waals surface area contributed by atoms with Crippen molar-refractivity contribution in [2.45, 2.75) is 32.6 Å². The SMILES string of the molecule is Cc1ccc(OCCNS(=O)(=O)c2c(C)cc(C)cc2C)cc1. The standard InChI is InChI=1S/C18H23NO3S/c1-13-5-7-17(8-6-13)22-10-9-19-23(20,21)18-15(3)11-14(2)12-16(18)4/h5-8,11-12,19H,9-10H2,1-4H3. The van der Waals surface area contributed by atoms with Crippen LogP contribution < -0.4 is 9.46 Å². The summed E-state index contributed by atoms with van der Waals surface area (Å²) in [7, 11) is -3.53. The minimum Gasteiger partial charge on any atom is -0.492 e. The summed E-state index contributed by atoms with van der Waals surface area (Å²) in [6, 6.07) is 11.4. The Morgan fingerprint density at radius 1 is 0.913 bits per heavy atom. The van der Waals surface area contributed by atoms with Crippen LogP contribution in [0.1, 0.15) is 22.3 Å². The topological polar surface area (TPSA) is 55.4 Å². The molecule has 0 aliphatic heterocycles. The number of sulfonamides is 1. The van der Waals surface area contributed by atoms with Crippen molar-refractivity contribution >= 4 is 10.0 Å². The van der Waals surface area contributed by atoms with Gasteiger partial charge in [-0.1, -0.05) is 35.4 Å². The van der Waals surface area contributed by atoms with Gasteiger partial charge in [-0.2, -0.15) is 0 Å². The van der Waals surface area contributed by atoms with Crippen LogP contribution in [-0.2, 0) is 10.0 Å². The summed E-state index contributed by atoms with van der Waals surface area (Å²) >= 11 is 0. The molecule has 5 heteroatoms. The number of hydrogen-bond donors (Lipinski definition) is 1. The van der Waals surface area contributed by atoms with E-state index in [2.05, 4.69) is 4.72 Å². The third kappa shape index (κ3) is 4.56. The first-order chi connectivity index (χ1) is 10.8. The average molecular weight is 333 g/mol. The van der Waals surface area contributed by atoms with Gasteiger partial charge in [-0.25, -0.2) is 13.1 Å². The van der Waals surface area contributed by atoms with Gasteiger partial charge in [-0.3, -0.25) is 0 Å². The molecule has 0 heterocycles. The lowest BCUT2D eigenvalue weighted by molar-refractivity contribution is 0.323. The number of ether oxygens (including phenoxy) is 1. The zero-order valence-corrected chi connectivity index (χ0v) is 14.8. The summed E-state index contributed by atoms with van der Waals surface area (Å²) in [4.78, 5) is 0.360. The summed E-state index contributed by atoms with van der Waals surface area (Å²) in [6.07, 6.45) is 0. The molecule has 0 bridgehead atoms. The molecular weight excluding hydrogens is 310 g/mol. The molecular formula is C18H23NO3S. The number of aryl methyl sites for hydroxylation is 4. The van der Waals surface area contributed by atoms with E-state index < -0.39 is 10.0 Å². The normalized spacial score (nSPS) is 11.5. The molecule has 1 N–H and O–H groups in total. The molecule has 2 aromatic rings. The third-order valence-corrected chi connectivity index (χ3v) is 5.32. The highest BCUT2D eigenvalue weighted by Gasteiger charge is 2.19. The Bertz CT molecular complexity index is 757. The summed E-state index contributed by atoms with van der Waals surface area (Å²) in [6.45, 7) is 8.10. The van der Waals surface area contributed by atoms with Gasteiger partial charge in [0, 0.05) is 6.54 Å². The fourth-order valence-corrected chi connectivity index (χ4v) is 4.10. The smallest absolute Gasteiger partial charge is 0.241 e. The van der Waals surface area contributed by atoms with Crippen molar-refractivity contribution < 1.29 is 13.2 Å². The molecule has 0 amide bonds. The highest BCUT2D eigenvalue weighted by molar-refractivity contribution is 7.89. The maximum Gasteiger partial charge on any atom is 0.241 e. The molecule has 2 rings (SSSR count). The molecule has 0 spiro atoms. The first kappa shape index (κ1) is 17.5. The predicted molar refractivity (Wildman–Crippen MR) is 92.5 cm³/mol. The van der Waals surface area contributed by atoms with E-state index in [9.17, 15) is 8.42 Å². The van der Waals surface area contributed by atoms with Gasteiger partial charge in [0.25, 0.3) is 0 Å². The van der Waals surface area contributed by atoms with E-state index in [0.29, 0.717) is 4.90 Å². The van der Waals surface area contributed by atoms with Crippen molar-refractivity contribution in [3.63, 3.8) is 0 Å². The van der Waals surface area contributed by atoms with Crippen LogP contribution >= 0.6 is 0 Å². The molecule has 0 unspecified atom stereocenters. The Kier molecular flexibility index (Phi) is 5.44. The Morgan fingerprint density at radius 2 is 1.48 bits per heavy atom. The molecule has 0 radical (unpaired) electrons. The largest absolute Gasteiger partial charge is 0.492 e. The lowest BCUT2D eigenvalue weighted by atomic mass is 10.1. The van der Waals surface area contributed by atoms with E-state index >= 15 is 0 Å². The van der Waals surface area contributed by atoms with Crippen LogP contribution in [0.25, 0.3) is 0 Å². The van der Waals surface area contributed by atoms with Gasteiger partial charge in [0.15, 0.2) is 0 Å². The summed E-state index contributed by atoms with van der Waals surface area (Å²) in [5, 5.41) is 0. The minimum absolute atomic E-state index is 0.225. The summed E-state index contributed by atoms with van der Waals surface area (Å²) < 4.78 is 33.1. The lowest BCUT2D eigenvalue weighted by Crippen LogP contribution is -2.29. The molecule has 0 aliphatic rings. The highest BCUT2D eigenvalue weighted by Crippen LogP contribution is 2.21.